The fourth-order valence-electron chi connectivity index (χ4n) is 2.13. The molecule has 0 saturated carbocycles. The van der Waals surface area contributed by atoms with Gasteiger partial charge in [0.2, 0.25) is 0 Å². The largest absolute Gasteiger partial charge is 0.508 e. The van der Waals surface area contributed by atoms with Crippen molar-refractivity contribution in [3.05, 3.63) is 45.7 Å². The summed E-state index contributed by atoms with van der Waals surface area (Å²) in [5, 5.41) is 17.3. The number of nitrogens with one attached hydrogen (secondary N) is 1. The number of aromatic hydroxyl groups is 1. The number of hydrogen-bond acceptors (Lipinski definition) is 3. The molecule has 0 amide bonds. The summed E-state index contributed by atoms with van der Waals surface area (Å²) in [5.74, 6) is 0.299. The molecule has 0 bridgehead atoms. The Balaban J connectivity index is 2.00. The standard InChI is InChI=1S/C15H20BrN3O/c1-3-13-15(16)14(19(4-2)18-13)10-17-9-11-5-7-12(20)8-6-11/h5-8,17,20H,3-4,9-10H2,1-2H3. The molecule has 20 heavy (non-hydrogen) atoms. The number of hydrogen-bond donors (Lipinski definition) is 2. The SMILES string of the molecule is CCc1nn(CC)c(CNCc2ccc(O)cc2)c1Br. The minimum Gasteiger partial charge on any atom is -0.508 e. The van der Waals surface area contributed by atoms with Crippen LogP contribution in [-0.2, 0) is 26.1 Å². The third-order valence-electron chi connectivity index (χ3n) is 3.25. The lowest BCUT2D eigenvalue weighted by molar-refractivity contribution is 0.475. The van der Waals surface area contributed by atoms with Crippen LogP contribution < -0.4 is 5.32 Å². The third-order valence-corrected chi connectivity index (χ3v) is 4.17. The van der Waals surface area contributed by atoms with E-state index in [4.69, 9.17) is 0 Å². The number of benzene rings is 1. The van der Waals surface area contributed by atoms with E-state index in [1.54, 1.807) is 12.1 Å². The fraction of sp³-hybridized carbons (Fsp3) is 0.400. The maximum absolute atomic E-state index is 9.26. The Kier molecular flexibility index (Phi) is 5.20. The maximum atomic E-state index is 9.26. The summed E-state index contributed by atoms with van der Waals surface area (Å²) in [4.78, 5) is 0. The second-order valence-corrected chi connectivity index (χ2v) is 5.44. The monoisotopic (exact) mass is 337 g/mol. The summed E-state index contributed by atoms with van der Waals surface area (Å²) in [5.41, 5.74) is 3.44. The minimum atomic E-state index is 0.299. The highest BCUT2D eigenvalue weighted by molar-refractivity contribution is 9.10. The van der Waals surface area contributed by atoms with E-state index in [0.29, 0.717) is 5.75 Å². The van der Waals surface area contributed by atoms with Crippen molar-refractivity contribution in [2.24, 2.45) is 0 Å². The number of nitrogens with zero attached hydrogens (tertiary/aromatic N) is 2. The minimum absolute atomic E-state index is 0.299. The van der Waals surface area contributed by atoms with E-state index >= 15 is 0 Å². The lowest BCUT2D eigenvalue weighted by Crippen LogP contribution is -2.16. The quantitative estimate of drug-likeness (QED) is 0.850. The van der Waals surface area contributed by atoms with Gasteiger partial charge in [-0.3, -0.25) is 4.68 Å². The molecule has 0 fully saturated rings. The van der Waals surface area contributed by atoms with Gasteiger partial charge in [-0.05, 0) is 47.0 Å². The van der Waals surface area contributed by atoms with Gasteiger partial charge in [-0.1, -0.05) is 19.1 Å². The van der Waals surface area contributed by atoms with Gasteiger partial charge in [0.1, 0.15) is 5.75 Å². The van der Waals surface area contributed by atoms with Crippen molar-refractivity contribution in [1.82, 2.24) is 15.1 Å². The summed E-state index contributed by atoms with van der Waals surface area (Å²) in [6.45, 7) is 6.61. The van der Waals surface area contributed by atoms with Gasteiger partial charge in [0.05, 0.1) is 15.9 Å². The summed E-state index contributed by atoms with van der Waals surface area (Å²) < 4.78 is 3.15. The molecule has 0 radical (unpaired) electrons. The van der Waals surface area contributed by atoms with Crippen molar-refractivity contribution in [1.29, 1.82) is 0 Å². The molecule has 2 N–H and O–H groups in total. The second kappa shape index (κ2) is 6.90. The summed E-state index contributed by atoms with van der Waals surface area (Å²) in [6.07, 6.45) is 0.929. The zero-order valence-corrected chi connectivity index (χ0v) is 13.4. The summed E-state index contributed by atoms with van der Waals surface area (Å²) >= 11 is 3.64. The summed E-state index contributed by atoms with van der Waals surface area (Å²) in [7, 11) is 0. The van der Waals surface area contributed by atoms with Crippen LogP contribution in [0.5, 0.6) is 5.75 Å². The summed E-state index contributed by atoms with van der Waals surface area (Å²) in [6, 6.07) is 7.26. The first kappa shape index (κ1) is 15.1. The Hall–Kier alpha value is -1.33. The molecule has 5 heteroatoms. The van der Waals surface area contributed by atoms with Gasteiger partial charge in [0.25, 0.3) is 0 Å². The Bertz CT molecular complexity index is 563. The smallest absolute Gasteiger partial charge is 0.115 e. The first-order valence-corrected chi connectivity index (χ1v) is 7.67. The Morgan fingerprint density at radius 1 is 1.20 bits per heavy atom. The van der Waals surface area contributed by atoms with Crippen molar-refractivity contribution >= 4 is 15.9 Å². The molecule has 1 heterocycles. The number of phenols is 1. The molecule has 2 aromatic rings. The van der Waals surface area contributed by atoms with Crippen LogP contribution in [0, 0.1) is 0 Å². The molecular formula is C15H20BrN3O. The molecule has 4 nitrogen and oxygen atoms in total. The molecule has 1 aromatic carbocycles. The lowest BCUT2D eigenvalue weighted by Gasteiger charge is -2.08. The first-order chi connectivity index (χ1) is 9.65. The van der Waals surface area contributed by atoms with Gasteiger partial charge in [-0.2, -0.15) is 5.10 Å². The number of aryl methyl sites for hydroxylation is 2. The van der Waals surface area contributed by atoms with Crippen LogP contribution in [0.4, 0.5) is 0 Å². The van der Waals surface area contributed by atoms with Gasteiger partial charge in [0.15, 0.2) is 0 Å². The van der Waals surface area contributed by atoms with Crippen LogP contribution in [-0.4, -0.2) is 14.9 Å². The van der Waals surface area contributed by atoms with Crippen molar-refractivity contribution < 1.29 is 5.11 Å². The van der Waals surface area contributed by atoms with Crippen LogP contribution in [0.15, 0.2) is 28.7 Å². The molecule has 0 aliphatic heterocycles. The predicted molar refractivity (Wildman–Crippen MR) is 83.6 cm³/mol. The van der Waals surface area contributed by atoms with Gasteiger partial charge in [0, 0.05) is 19.6 Å². The van der Waals surface area contributed by atoms with Crippen molar-refractivity contribution in [3.8, 4) is 5.75 Å². The van der Waals surface area contributed by atoms with Gasteiger partial charge >= 0.3 is 0 Å². The van der Waals surface area contributed by atoms with Crippen molar-refractivity contribution in [3.63, 3.8) is 0 Å². The van der Waals surface area contributed by atoms with Crippen molar-refractivity contribution in [2.75, 3.05) is 0 Å². The van der Waals surface area contributed by atoms with Crippen LogP contribution in [0.3, 0.4) is 0 Å². The molecule has 108 valence electrons. The zero-order valence-electron chi connectivity index (χ0n) is 11.9. The zero-order chi connectivity index (χ0) is 14.5. The number of phenolic OH excluding ortho intramolecular Hbond substituents is 1. The van der Waals surface area contributed by atoms with Crippen LogP contribution in [0.1, 0.15) is 30.8 Å². The van der Waals surface area contributed by atoms with E-state index in [0.717, 1.165) is 41.8 Å². The number of aromatic nitrogens is 2. The van der Waals surface area contributed by atoms with Crippen molar-refractivity contribution in [2.45, 2.75) is 39.9 Å². The van der Waals surface area contributed by atoms with Gasteiger partial charge in [-0.25, -0.2) is 0 Å². The highest BCUT2D eigenvalue weighted by Crippen LogP contribution is 2.22. The number of halogens is 1. The molecule has 0 aliphatic rings. The fourth-order valence-corrected chi connectivity index (χ4v) is 2.83. The lowest BCUT2D eigenvalue weighted by atomic mass is 10.2. The van der Waals surface area contributed by atoms with E-state index < -0.39 is 0 Å². The topological polar surface area (TPSA) is 50.1 Å². The third kappa shape index (κ3) is 3.41. The molecule has 0 atom stereocenters. The average Bonchev–Trinajstić information content (AvgIpc) is 2.77. The Morgan fingerprint density at radius 2 is 1.90 bits per heavy atom. The Labute approximate surface area is 127 Å². The van der Waals surface area contributed by atoms with E-state index in [9.17, 15) is 5.11 Å². The van der Waals surface area contributed by atoms with Crippen LogP contribution in [0.25, 0.3) is 0 Å². The van der Waals surface area contributed by atoms with Gasteiger partial charge in [-0.15, -0.1) is 0 Å². The molecule has 0 aliphatic carbocycles. The predicted octanol–water partition coefficient (Wildman–Crippen LogP) is 3.22. The Morgan fingerprint density at radius 3 is 2.50 bits per heavy atom. The highest BCUT2D eigenvalue weighted by atomic mass is 79.9. The van der Waals surface area contributed by atoms with E-state index in [-0.39, 0.29) is 0 Å². The van der Waals surface area contributed by atoms with Crippen LogP contribution >= 0.6 is 15.9 Å². The molecular weight excluding hydrogens is 318 g/mol. The molecule has 1 aromatic heterocycles. The molecule has 0 saturated heterocycles. The molecule has 2 rings (SSSR count). The van der Waals surface area contributed by atoms with Gasteiger partial charge < -0.3 is 10.4 Å². The average molecular weight is 338 g/mol. The van der Waals surface area contributed by atoms with E-state index in [1.807, 2.05) is 16.8 Å². The maximum Gasteiger partial charge on any atom is 0.115 e. The van der Waals surface area contributed by atoms with E-state index in [2.05, 4.69) is 40.2 Å². The second-order valence-electron chi connectivity index (χ2n) is 4.65. The first-order valence-electron chi connectivity index (χ1n) is 6.88. The van der Waals surface area contributed by atoms with Crippen LogP contribution in [0.2, 0.25) is 0 Å². The number of rotatable bonds is 6. The highest BCUT2D eigenvalue weighted by Gasteiger charge is 2.13. The normalized spacial score (nSPS) is 10.9. The molecule has 0 spiro atoms. The molecule has 0 unspecified atom stereocenters. The van der Waals surface area contributed by atoms with E-state index in [1.165, 1.54) is 5.69 Å².